The Morgan fingerprint density at radius 3 is 1.86 bits per heavy atom. The quantitative estimate of drug-likeness (QED) is 0.460. The summed E-state index contributed by atoms with van der Waals surface area (Å²) >= 11 is 1.61. The fraction of sp³-hybridized carbons (Fsp3) is 0.323. The molecule has 5 nitrogen and oxygen atoms in total. The second kappa shape index (κ2) is 9.18. The Kier molecular flexibility index (Phi) is 5.95. The monoisotopic (exact) mass is 510 g/mol. The van der Waals surface area contributed by atoms with Gasteiger partial charge in [-0.15, -0.1) is 0 Å². The van der Waals surface area contributed by atoms with E-state index >= 15 is 0 Å². The molecule has 4 aliphatic rings. The largest absolute Gasteiger partial charge is 0.324 e. The third-order valence-electron chi connectivity index (χ3n) is 8.34. The molecule has 0 unspecified atom stereocenters. The molecule has 188 valence electrons. The SMILES string of the molecule is CSCC[C@H](C(=O)Nc1cc(C)ccc1C)N1C(=O)[C@H]2C3c4ccccc4C(c4ccccc43)[C@@H]2C1=O. The van der Waals surface area contributed by atoms with Gasteiger partial charge in [0.25, 0.3) is 0 Å². The molecule has 3 aliphatic carbocycles. The molecular formula is C31H30N2O3S. The summed E-state index contributed by atoms with van der Waals surface area (Å²) in [6, 6.07) is 21.5. The molecule has 3 atom stereocenters. The molecule has 3 aromatic rings. The van der Waals surface area contributed by atoms with E-state index in [0.29, 0.717) is 12.2 Å². The van der Waals surface area contributed by atoms with Crippen LogP contribution in [0.5, 0.6) is 0 Å². The van der Waals surface area contributed by atoms with E-state index in [0.717, 1.165) is 39.1 Å². The topological polar surface area (TPSA) is 66.5 Å². The number of thioether (sulfide) groups is 1. The van der Waals surface area contributed by atoms with Crippen LogP contribution in [0.4, 0.5) is 5.69 Å². The molecule has 6 heteroatoms. The van der Waals surface area contributed by atoms with Crippen LogP contribution in [0.1, 0.15) is 51.6 Å². The van der Waals surface area contributed by atoms with E-state index < -0.39 is 17.9 Å². The van der Waals surface area contributed by atoms with Crippen molar-refractivity contribution in [2.45, 2.75) is 38.1 Å². The Hall–Kier alpha value is -3.38. The van der Waals surface area contributed by atoms with E-state index in [9.17, 15) is 14.4 Å². The Bertz CT molecular complexity index is 1320. The summed E-state index contributed by atoms with van der Waals surface area (Å²) in [6.07, 6.45) is 2.39. The number of hydrogen-bond donors (Lipinski definition) is 1. The number of carbonyl (C=O) groups is 3. The van der Waals surface area contributed by atoms with Crippen molar-refractivity contribution in [2.75, 3.05) is 17.3 Å². The summed E-state index contributed by atoms with van der Waals surface area (Å²) < 4.78 is 0. The highest BCUT2D eigenvalue weighted by Crippen LogP contribution is 2.61. The van der Waals surface area contributed by atoms with Gasteiger partial charge in [-0.05, 0) is 71.7 Å². The zero-order valence-electron chi connectivity index (χ0n) is 21.2. The zero-order chi connectivity index (χ0) is 25.8. The predicted octanol–water partition coefficient (Wildman–Crippen LogP) is 5.26. The summed E-state index contributed by atoms with van der Waals surface area (Å²) in [5.74, 6) is -1.36. The molecule has 2 bridgehead atoms. The second-order valence-corrected chi connectivity index (χ2v) is 11.4. The highest BCUT2D eigenvalue weighted by atomic mass is 32.2. The smallest absolute Gasteiger partial charge is 0.247 e. The number of amides is 3. The Balaban J connectivity index is 1.40. The first-order valence-electron chi connectivity index (χ1n) is 12.8. The number of aryl methyl sites for hydroxylation is 2. The number of nitrogens with zero attached hydrogens (tertiary/aromatic N) is 1. The van der Waals surface area contributed by atoms with Crippen molar-refractivity contribution in [1.82, 2.24) is 4.90 Å². The van der Waals surface area contributed by atoms with Crippen LogP contribution in [0.2, 0.25) is 0 Å². The number of likely N-dealkylation sites (tertiary alicyclic amines) is 1. The van der Waals surface area contributed by atoms with Crippen LogP contribution >= 0.6 is 11.8 Å². The fourth-order valence-corrected chi connectivity index (χ4v) is 7.16. The Morgan fingerprint density at radius 2 is 1.38 bits per heavy atom. The molecule has 1 fully saturated rings. The minimum atomic E-state index is -0.844. The standard InChI is InChI=1S/C31H30N2O3S/c1-17-12-13-18(2)23(16-17)32-29(34)24(14-15-37-3)33-30(35)27-25-19-8-4-5-9-20(19)26(28(27)31(33)36)22-11-7-6-10-21(22)25/h4-13,16,24-28H,14-15H2,1-3H3,(H,32,34)/t24-,25?,26?,27+,28+/m1/s1. The minimum Gasteiger partial charge on any atom is -0.324 e. The third-order valence-corrected chi connectivity index (χ3v) is 8.99. The minimum absolute atomic E-state index is 0.174. The van der Waals surface area contributed by atoms with Crippen LogP contribution < -0.4 is 5.32 Å². The number of rotatable bonds is 6. The van der Waals surface area contributed by atoms with Crippen LogP contribution in [0.25, 0.3) is 0 Å². The second-order valence-electron chi connectivity index (χ2n) is 10.4. The van der Waals surface area contributed by atoms with Gasteiger partial charge in [-0.2, -0.15) is 11.8 Å². The molecule has 1 heterocycles. The normalized spacial score (nSPS) is 23.9. The number of hydrogen-bond acceptors (Lipinski definition) is 4. The van der Waals surface area contributed by atoms with E-state index in [1.165, 1.54) is 4.90 Å². The fourth-order valence-electron chi connectivity index (χ4n) is 6.70. The van der Waals surface area contributed by atoms with Crippen LogP contribution in [-0.2, 0) is 14.4 Å². The molecule has 0 aromatic heterocycles. The molecular weight excluding hydrogens is 480 g/mol. The van der Waals surface area contributed by atoms with Crippen molar-refractivity contribution in [1.29, 1.82) is 0 Å². The van der Waals surface area contributed by atoms with Crippen LogP contribution in [-0.4, -0.2) is 40.7 Å². The van der Waals surface area contributed by atoms with Gasteiger partial charge < -0.3 is 5.32 Å². The lowest BCUT2D eigenvalue weighted by Crippen LogP contribution is -2.48. The lowest BCUT2D eigenvalue weighted by Gasteiger charge is -2.45. The van der Waals surface area contributed by atoms with E-state index in [1.54, 1.807) is 11.8 Å². The van der Waals surface area contributed by atoms with Crippen molar-refractivity contribution in [3.8, 4) is 0 Å². The molecule has 0 spiro atoms. The Morgan fingerprint density at radius 1 is 0.865 bits per heavy atom. The summed E-state index contributed by atoms with van der Waals surface area (Å²) in [4.78, 5) is 43.4. The van der Waals surface area contributed by atoms with Crippen LogP contribution in [0.3, 0.4) is 0 Å². The van der Waals surface area contributed by atoms with Gasteiger partial charge in [0.1, 0.15) is 6.04 Å². The third kappa shape index (κ3) is 3.64. The summed E-state index contributed by atoms with van der Waals surface area (Å²) in [7, 11) is 0. The first kappa shape index (κ1) is 24.0. The zero-order valence-corrected chi connectivity index (χ0v) is 22.0. The molecule has 1 N–H and O–H groups in total. The van der Waals surface area contributed by atoms with Gasteiger partial charge >= 0.3 is 0 Å². The summed E-state index contributed by atoms with van der Waals surface area (Å²) in [5.41, 5.74) is 7.24. The highest BCUT2D eigenvalue weighted by molar-refractivity contribution is 7.98. The van der Waals surface area contributed by atoms with Gasteiger partial charge in [-0.1, -0.05) is 60.7 Å². The molecule has 1 saturated heterocycles. The van der Waals surface area contributed by atoms with Crippen LogP contribution in [0, 0.1) is 25.7 Å². The van der Waals surface area contributed by atoms with E-state index in [-0.39, 0.29) is 29.6 Å². The van der Waals surface area contributed by atoms with Gasteiger partial charge in [-0.25, -0.2) is 0 Å². The average molecular weight is 511 g/mol. The number of nitrogens with one attached hydrogen (secondary N) is 1. The van der Waals surface area contributed by atoms with E-state index in [2.05, 4.69) is 29.6 Å². The van der Waals surface area contributed by atoms with E-state index in [1.807, 2.05) is 62.6 Å². The van der Waals surface area contributed by atoms with Crippen LogP contribution in [0.15, 0.2) is 66.7 Å². The van der Waals surface area contributed by atoms with Gasteiger partial charge in [0.05, 0.1) is 11.8 Å². The lowest BCUT2D eigenvalue weighted by atomic mass is 9.55. The van der Waals surface area contributed by atoms with Gasteiger partial charge in [0.15, 0.2) is 0 Å². The molecule has 0 radical (unpaired) electrons. The van der Waals surface area contributed by atoms with Gasteiger partial charge in [-0.3, -0.25) is 19.3 Å². The Labute approximate surface area is 221 Å². The summed E-state index contributed by atoms with van der Waals surface area (Å²) in [6.45, 7) is 3.92. The van der Waals surface area contributed by atoms with E-state index in [4.69, 9.17) is 0 Å². The first-order chi connectivity index (χ1) is 17.9. The van der Waals surface area contributed by atoms with Crippen molar-refractivity contribution < 1.29 is 14.4 Å². The number of anilines is 1. The highest BCUT2D eigenvalue weighted by Gasteiger charge is 2.62. The number of benzene rings is 3. The van der Waals surface area contributed by atoms with Crippen molar-refractivity contribution >= 4 is 35.2 Å². The molecule has 3 aromatic carbocycles. The lowest BCUT2D eigenvalue weighted by molar-refractivity contribution is -0.146. The van der Waals surface area contributed by atoms with Crippen molar-refractivity contribution in [3.05, 3.63) is 100 Å². The summed E-state index contributed by atoms with van der Waals surface area (Å²) in [5, 5.41) is 3.04. The maximum Gasteiger partial charge on any atom is 0.247 e. The number of imide groups is 1. The van der Waals surface area contributed by atoms with Gasteiger partial charge in [0, 0.05) is 17.5 Å². The van der Waals surface area contributed by atoms with Crippen molar-refractivity contribution in [2.24, 2.45) is 11.8 Å². The first-order valence-corrected chi connectivity index (χ1v) is 14.2. The molecule has 3 amide bonds. The molecule has 1 aliphatic heterocycles. The molecule has 0 saturated carbocycles. The van der Waals surface area contributed by atoms with Crippen molar-refractivity contribution in [3.63, 3.8) is 0 Å². The molecule has 7 rings (SSSR count). The average Bonchev–Trinajstić information content (AvgIpc) is 3.17. The predicted molar refractivity (Wildman–Crippen MR) is 147 cm³/mol. The maximum absolute atomic E-state index is 14.2. The molecule has 37 heavy (non-hydrogen) atoms. The maximum atomic E-state index is 14.2. The number of carbonyl (C=O) groups excluding carboxylic acids is 3. The van der Waals surface area contributed by atoms with Gasteiger partial charge in [0.2, 0.25) is 17.7 Å².